The number of halogens is 1. The van der Waals surface area contributed by atoms with Crippen LogP contribution in [-0.4, -0.2) is 5.97 Å². The van der Waals surface area contributed by atoms with E-state index in [1.165, 1.54) is 0 Å². The van der Waals surface area contributed by atoms with Gasteiger partial charge in [-0.15, -0.1) is 0 Å². The van der Waals surface area contributed by atoms with E-state index >= 15 is 0 Å². The Bertz CT molecular complexity index is 1030. The molecule has 0 aromatic heterocycles. The number of hydrogen-bond donors (Lipinski definition) is 0. The van der Waals surface area contributed by atoms with Gasteiger partial charge in [-0.2, -0.15) is 0 Å². The molecule has 0 saturated carbocycles. The molecule has 0 aliphatic rings. The molecule has 4 aromatic carbocycles. The lowest BCUT2D eigenvalue weighted by molar-refractivity contribution is 0.0477. The summed E-state index contributed by atoms with van der Waals surface area (Å²) in [6, 6.07) is 25.2. The zero-order valence-corrected chi connectivity index (χ0v) is 14.2. The monoisotopic (exact) mass is 346 g/mol. The maximum Gasteiger partial charge on any atom is 0.339 e. The van der Waals surface area contributed by atoms with Crippen LogP contribution in [0.2, 0.25) is 5.02 Å². The van der Waals surface area contributed by atoms with E-state index in [0.717, 1.165) is 27.1 Å². The molecular formula is C22H15ClO2. The Morgan fingerprint density at radius 1 is 0.800 bits per heavy atom. The Morgan fingerprint density at radius 3 is 2.08 bits per heavy atom. The predicted molar refractivity (Wildman–Crippen MR) is 102 cm³/mol. The van der Waals surface area contributed by atoms with Gasteiger partial charge in [-0.05, 0) is 45.3 Å². The summed E-state index contributed by atoms with van der Waals surface area (Å²) in [6.45, 7) is 0.191. The van der Waals surface area contributed by atoms with Gasteiger partial charge in [-0.1, -0.05) is 72.3 Å². The maximum atomic E-state index is 12.9. The number of hydrogen-bond acceptors (Lipinski definition) is 2. The topological polar surface area (TPSA) is 26.3 Å². The van der Waals surface area contributed by atoms with Crippen LogP contribution in [0.1, 0.15) is 15.9 Å². The quantitative estimate of drug-likeness (QED) is 0.336. The number of benzene rings is 4. The van der Waals surface area contributed by atoms with E-state index in [0.29, 0.717) is 10.6 Å². The molecule has 4 rings (SSSR count). The molecular weight excluding hydrogens is 332 g/mol. The molecule has 122 valence electrons. The molecule has 0 bridgehead atoms. The van der Waals surface area contributed by atoms with E-state index < -0.39 is 0 Å². The van der Waals surface area contributed by atoms with Gasteiger partial charge in [0, 0.05) is 5.02 Å². The zero-order chi connectivity index (χ0) is 17.2. The van der Waals surface area contributed by atoms with Crippen LogP contribution in [0.25, 0.3) is 21.5 Å². The standard InChI is InChI=1S/C22H15ClO2/c23-18-9-5-6-15(12-18)14-25-22(24)21-19-10-3-1-7-16(19)13-17-8-2-4-11-20(17)21/h1-13H,14H2. The number of carbonyl (C=O) groups is 1. The molecule has 3 heteroatoms. The number of fused-ring (bicyclic) bond motifs is 2. The highest BCUT2D eigenvalue weighted by molar-refractivity contribution is 6.30. The molecule has 0 N–H and O–H groups in total. The molecule has 0 radical (unpaired) electrons. The van der Waals surface area contributed by atoms with Gasteiger partial charge >= 0.3 is 5.97 Å². The highest BCUT2D eigenvalue weighted by Gasteiger charge is 2.16. The fourth-order valence-electron chi connectivity index (χ4n) is 3.08. The smallest absolute Gasteiger partial charge is 0.339 e. The second kappa shape index (κ2) is 6.58. The fourth-order valence-corrected chi connectivity index (χ4v) is 3.29. The highest BCUT2D eigenvalue weighted by Crippen LogP contribution is 2.29. The minimum Gasteiger partial charge on any atom is -0.457 e. The van der Waals surface area contributed by atoms with Crippen LogP contribution in [0.15, 0.2) is 78.9 Å². The summed E-state index contributed by atoms with van der Waals surface area (Å²) in [4.78, 5) is 12.9. The van der Waals surface area contributed by atoms with Gasteiger partial charge in [-0.25, -0.2) is 4.79 Å². The summed E-state index contributed by atoms with van der Waals surface area (Å²) < 4.78 is 5.59. The molecule has 0 fully saturated rings. The summed E-state index contributed by atoms with van der Waals surface area (Å²) >= 11 is 5.99. The number of carbonyl (C=O) groups excluding carboxylic acids is 1. The zero-order valence-electron chi connectivity index (χ0n) is 13.4. The Labute approximate surface area is 150 Å². The molecule has 0 atom stereocenters. The van der Waals surface area contributed by atoms with E-state index in [1.54, 1.807) is 12.1 Å². The maximum absolute atomic E-state index is 12.9. The van der Waals surface area contributed by atoms with Crippen molar-refractivity contribution in [3.63, 3.8) is 0 Å². The number of esters is 1. The highest BCUT2D eigenvalue weighted by atomic mass is 35.5. The van der Waals surface area contributed by atoms with Crippen LogP contribution < -0.4 is 0 Å². The average Bonchev–Trinajstić information content (AvgIpc) is 2.64. The first-order valence-electron chi connectivity index (χ1n) is 8.04. The third-order valence-electron chi connectivity index (χ3n) is 4.23. The van der Waals surface area contributed by atoms with Crippen LogP contribution in [0, 0.1) is 0 Å². The van der Waals surface area contributed by atoms with E-state index in [1.807, 2.05) is 60.7 Å². The van der Waals surface area contributed by atoms with Gasteiger partial charge in [-0.3, -0.25) is 0 Å². The van der Waals surface area contributed by atoms with Gasteiger partial charge in [0.1, 0.15) is 6.61 Å². The Morgan fingerprint density at radius 2 is 1.44 bits per heavy atom. The molecule has 0 saturated heterocycles. The summed E-state index contributed by atoms with van der Waals surface area (Å²) in [5, 5.41) is 4.48. The summed E-state index contributed by atoms with van der Waals surface area (Å²) in [7, 11) is 0. The van der Waals surface area contributed by atoms with Crippen LogP contribution in [0.5, 0.6) is 0 Å². The fraction of sp³-hybridized carbons (Fsp3) is 0.0455. The van der Waals surface area contributed by atoms with Gasteiger partial charge in [0.05, 0.1) is 5.56 Å². The average molecular weight is 347 g/mol. The normalized spacial score (nSPS) is 10.9. The van der Waals surface area contributed by atoms with Crippen LogP contribution in [0.3, 0.4) is 0 Å². The summed E-state index contributed by atoms with van der Waals surface area (Å²) in [5.74, 6) is -0.326. The molecule has 25 heavy (non-hydrogen) atoms. The number of ether oxygens (including phenoxy) is 1. The first-order valence-corrected chi connectivity index (χ1v) is 8.42. The lowest BCUT2D eigenvalue weighted by Crippen LogP contribution is -2.07. The van der Waals surface area contributed by atoms with Crippen molar-refractivity contribution in [1.29, 1.82) is 0 Å². The van der Waals surface area contributed by atoms with Crippen LogP contribution >= 0.6 is 11.6 Å². The molecule has 2 nitrogen and oxygen atoms in total. The SMILES string of the molecule is O=C(OCc1cccc(Cl)c1)c1c2ccccc2cc2ccccc12. The second-order valence-electron chi connectivity index (χ2n) is 5.90. The molecule has 4 aromatic rings. The Kier molecular flexibility index (Phi) is 4.12. The Hall–Kier alpha value is -2.84. The lowest BCUT2D eigenvalue weighted by Gasteiger charge is -2.11. The summed E-state index contributed by atoms with van der Waals surface area (Å²) in [6.07, 6.45) is 0. The van der Waals surface area contributed by atoms with Gasteiger partial charge < -0.3 is 4.74 Å². The van der Waals surface area contributed by atoms with Crippen molar-refractivity contribution in [3.05, 3.63) is 95.0 Å². The van der Waals surface area contributed by atoms with Crippen molar-refractivity contribution in [1.82, 2.24) is 0 Å². The first kappa shape index (κ1) is 15.7. The van der Waals surface area contributed by atoms with E-state index in [2.05, 4.69) is 6.07 Å². The molecule has 0 amide bonds. The van der Waals surface area contributed by atoms with Crippen molar-refractivity contribution in [2.24, 2.45) is 0 Å². The van der Waals surface area contributed by atoms with Gasteiger partial charge in [0.25, 0.3) is 0 Å². The Balaban J connectivity index is 1.77. The van der Waals surface area contributed by atoms with E-state index in [-0.39, 0.29) is 12.6 Å². The van der Waals surface area contributed by atoms with Crippen molar-refractivity contribution in [2.45, 2.75) is 6.61 Å². The second-order valence-corrected chi connectivity index (χ2v) is 6.34. The number of rotatable bonds is 3. The van der Waals surface area contributed by atoms with E-state index in [9.17, 15) is 4.79 Å². The van der Waals surface area contributed by atoms with Crippen molar-refractivity contribution >= 4 is 39.1 Å². The third-order valence-corrected chi connectivity index (χ3v) is 4.47. The van der Waals surface area contributed by atoms with Crippen molar-refractivity contribution < 1.29 is 9.53 Å². The van der Waals surface area contributed by atoms with Crippen LogP contribution in [0.4, 0.5) is 0 Å². The lowest BCUT2D eigenvalue weighted by atomic mass is 9.97. The first-order chi connectivity index (χ1) is 12.2. The van der Waals surface area contributed by atoms with Crippen molar-refractivity contribution in [3.8, 4) is 0 Å². The largest absolute Gasteiger partial charge is 0.457 e. The predicted octanol–water partition coefficient (Wildman–Crippen LogP) is 6.00. The minimum absolute atomic E-state index is 0.191. The van der Waals surface area contributed by atoms with Crippen LogP contribution in [-0.2, 0) is 11.3 Å². The van der Waals surface area contributed by atoms with Crippen molar-refractivity contribution in [2.75, 3.05) is 0 Å². The molecule has 0 heterocycles. The third kappa shape index (κ3) is 3.09. The molecule has 0 unspecified atom stereocenters. The molecule has 0 aliphatic carbocycles. The minimum atomic E-state index is -0.326. The van der Waals surface area contributed by atoms with Gasteiger partial charge in [0.2, 0.25) is 0 Å². The van der Waals surface area contributed by atoms with Gasteiger partial charge in [0.15, 0.2) is 0 Å². The summed E-state index contributed by atoms with van der Waals surface area (Å²) in [5.41, 5.74) is 1.47. The van der Waals surface area contributed by atoms with E-state index in [4.69, 9.17) is 16.3 Å². The molecule has 0 aliphatic heterocycles. The molecule has 0 spiro atoms.